The first kappa shape index (κ1) is 20.2. The van der Waals surface area contributed by atoms with Gasteiger partial charge in [-0.2, -0.15) is 0 Å². The third kappa shape index (κ3) is 5.08. The molecule has 3 heteroatoms. The summed E-state index contributed by atoms with van der Waals surface area (Å²) < 4.78 is 0. The maximum absolute atomic E-state index is 12.9. The van der Waals surface area contributed by atoms with Gasteiger partial charge in [-0.25, -0.2) is 0 Å². The Morgan fingerprint density at radius 2 is 1.48 bits per heavy atom. The summed E-state index contributed by atoms with van der Waals surface area (Å²) in [5.74, 6) is 1.01. The quantitative estimate of drug-likeness (QED) is 0.729. The summed E-state index contributed by atoms with van der Waals surface area (Å²) in [5.41, 5.74) is 3.14. The highest BCUT2D eigenvalue weighted by atomic mass is 16.2. The molecule has 1 N–H and O–H groups in total. The van der Waals surface area contributed by atoms with Crippen LogP contribution in [-0.4, -0.2) is 36.0 Å². The number of amides is 1. The van der Waals surface area contributed by atoms with Crippen molar-refractivity contribution in [1.29, 1.82) is 0 Å². The zero-order valence-electron chi connectivity index (χ0n) is 17.6. The lowest BCUT2D eigenvalue weighted by Gasteiger charge is -2.36. The van der Waals surface area contributed by atoms with E-state index in [0.29, 0.717) is 12.1 Å². The number of piperidine rings is 1. The van der Waals surface area contributed by atoms with Gasteiger partial charge in [-0.1, -0.05) is 61.7 Å². The van der Waals surface area contributed by atoms with Crippen molar-refractivity contribution in [3.63, 3.8) is 0 Å². The predicted octanol–water partition coefficient (Wildman–Crippen LogP) is 5.52. The Labute approximate surface area is 175 Å². The minimum absolute atomic E-state index is 0.170. The Kier molecular flexibility index (Phi) is 6.66. The molecule has 1 aliphatic heterocycles. The monoisotopic (exact) mass is 390 g/mol. The molecule has 29 heavy (non-hydrogen) atoms. The standard InChI is InChI=1S/C26H34N2O/c1-20(21-8-4-2-5-9-21)27-25-16-18-28(19-17-25)26(29)24-14-12-23(13-15-24)22-10-6-3-7-11-22/h3,6-7,10-15,20-21,25,27H,2,4-5,8-9,16-19H2,1H3/t20-/m0/s1. The van der Waals surface area contributed by atoms with Crippen LogP contribution in [0.25, 0.3) is 11.1 Å². The molecule has 0 aromatic heterocycles. The van der Waals surface area contributed by atoms with Crippen LogP contribution in [-0.2, 0) is 0 Å². The van der Waals surface area contributed by atoms with Crippen molar-refractivity contribution in [1.82, 2.24) is 10.2 Å². The fourth-order valence-electron chi connectivity index (χ4n) is 5.01. The normalized spacial score (nSPS) is 19.8. The first-order chi connectivity index (χ1) is 14.2. The van der Waals surface area contributed by atoms with E-state index in [2.05, 4.69) is 36.5 Å². The number of carbonyl (C=O) groups is 1. The average Bonchev–Trinajstić information content (AvgIpc) is 2.80. The molecule has 4 rings (SSSR count). The van der Waals surface area contributed by atoms with E-state index >= 15 is 0 Å². The van der Waals surface area contributed by atoms with Crippen LogP contribution < -0.4 is 5.32 Å². The number of rotatable bonds is 5. The van der Waals surface area contributed by atoms with Crippen molar-refractivity contribution in [2.45, 2.75) is 64.0 Å². The third-order valence-electron chi connectivity index (χ3n) is 6.88. The Morgan fingerprint density at radius 3 is 2.14 bits per heavy atom. The minimum Gasteiger partial charge on any atom is -0.339 e. The highest BCUT2D eigenvalue weighted by Gasteiger charge is 2.27. The maximum atomic E-state index is 12.9. The summed E-state index contributed by atoms with van der Waals surface area (Å²) in [5, 5.41) is 3.88. The molecular formula is C26H34N2O. The Hall–Kier alpha value is -2.13. The second-order valence-corrected chi connectivity index (χ2v) is 8.86. The topological polar surface area (TPSA) is 32.3 Å². The molecular weight excluding hydrogens is 356 g/mol. The Bertz CT molecular complexity index is 772. The van der Waals surface area contributed by atoms with Gasteiger partial charge in [-0.15, -0.1) is 0 Å². The molecule has 1 saturated heterocycles. The van der Waals surface area contributed by atoms with Crippen molar-refractivity contribution in [3.8, 4) is 11.1 Å². The fraction of sp³-hybridized carbons (Fsp3) is 0.500. The van der Waals surface area contributed by atoms with Gasteiger partial charge in [0.05, 0.1) is 0 Å². The summed E-state index contributed by atoms with van der Waals surface area (Å²) in [7, 11) is 0. The number of carbonyl (C=O) groups excluding carboxylic acids is 1. The van der Waals surface area contributed by atoms with E-state index in [1.54, 1.807) is 0 Å². The molecule has 0 unspecified atom stereocenters. The first-order valence-electron chi connectivity index (χ1n) is 11.4. The van der Waals surface area contributed by atoms with Crippen molar-refractivity contribution in [2.24, 2.45) is 5.92 Å². The zero-order valence-corrected chi connectivity index (χ0v) is 17.6. The minimum atomic E-state index is 0.170. The molecule has 2 aliphatic rings. The van der Waals surface area contributed by atoms with Crippen LogP contribution in [0.1, 0.15) is 62.2 Å². The number of hydrogen-bond acceptors (Lipinski definition) is 2. The number of likely N-dealkylation sites (tertiary alicyclic amines) is 1. The van der Waals surface area contributed by atoms with Crippen LogP contribution in [0.3, 0.4) is 0 Å². The molecule has 1 aliphatic carbocycles. The van der Waals surface area contributed by atoms with Gasteiger partial charge in [0, 0.05) is 30.7 Å². The second-order valence-electron chi connectivity index (χ2n) is 8.86. The van der Waals surface area contributed by atoms with Crippen molar-refractivity contribution in [3.05, 3.63) is 60.2 Å². The van der Waals surface area contributed by atoms with Gasteiger partial charge >= 0.3 is 0 Å². The van der Waals surface area contributed by atoms with Crippen LogP contribution in [0.4, 0.5) is 0 Å². The predicted molar refractivity (Wildman–Crippen MR) is 120 cm³/mol. The molecule has 2 fully saturated rings. The van der Waals surface area contributed by atoms with Crippen LogP contribution in [0.5, 0.6) is 0 Å². The molecule has 0 radical (unpaired) electrons. The lowest BCUT2D eigenvalue weighted by molar-refractivity contribution is 0.0698. The molecule has 1 atom stereocenters. The van der Waals surface area contributed by atoms with Gasteiger partial charge < -0.3 is 10.2 Å². The number of nitrogens with zero attached hydrogens (tertiary/aromatic N) is 1. The lowest BCUT2D eigenvalue weighted by Crippen LogP contribution is -2.49. The van der Waals surface area contributed by atoms with Gasteiger partial charge in [-0.3, -0.25) is 4.79 Å². The summed E-state index contributed by atoms with van der Waals surface area (Å²) in [6.45, 7) is 4.07. The maximum Gasteiger partial charge on any atom is 0.253 e. The zero-order chi connectivity index (χ0) is 20.1. The molecule has 3 nitrogen and oxygen atoms in total. The van der Waals surface area contributed by atoms with Crippen LogP contribution in [0.15, 0.2) is 54.6 Å². The smallest absolute Gasteiger partial charge is 0.253 e. The molecule has 154 valence electrons. The van der Waals surface area contributed by atoms with Crippen LogP contribution in [0.2, 0.25) is 0 Å². The van der Waals surface area contributed by atoms with Gasteiger partial charge in [-0.05, 0) is 61.8 Å². The third-order valence-corrected chi connectivity index (χ3v) is 6.88. The summed E-state index contributed by atoms with van der Waals surface area (Å²) in [4.78, 5) is 15.0. The summed E-state index contributed by atoms with van der Waals surface area (Å²) >= 11 is 0. The molecule has 1 saturated carbocycles. The second kappa shape index (κ2) is 9.58. The number of nitrogens with one attached hydrogen (secondary N) is 1. The van der Waals surface area contributed by atoms with Gasteiger partial charge in [0.25, 0.3) is 5.91 Å². The van der Waals surface area contributed by atoms with E-state index in [1.165, 1.54) is 37.7 Å². The van der Waals surface area contributed by atoms with Crippen molar-refractivity contribution in [2.75, 3.05) is 13.1 Å². The summed E-state index contributed by atoms with van der Waals surface area (Å²) in [6.07, 6.45) is 9.08. The highest BCUT2D eigenvalue weighted by Crippen LogP contribution is 2.27. The molecule has 2 aromatic carbocycles. The molecule has 2 aromatic rings. The van der Waals surface area contributed by atoms with Gasteiger partial charge in [0.2, 0.25) is 0 Å². The first-order valence-corrected chi connectivity index (χ1v) is 11.4. The Morgan fingerprint density at radius 1 is 0.862 bits per heavy atom. The van der Waals surface area contributed by atoms with E-state index in [9.17, 15) is 4.79 Å². The van der Waals surface area contributed by atoms with Crippen LogP contribution >= 0.6 is 0 Å². The molecule has 0 spiro atoms. The molecule has 1 heterocycles. The van der Waals surface area contributed by atoms with E-state index in [1.807, 2.05) is 35.2 Å². The molecule has 0 bridgehead atoms. The van der Waals surface area contributed by atoms with Crippen molar-refractivity contribution >= 4 is 5.91 Å². The van der Waals surface area contributed by atoms with E-state index < -0.39 is 0 Å². The largest absolute Gasteiger partial charge is 0.339 e. The Balaban J connectivity index is 1.28. The summed E-state index contributed by atoms with van der Waals surface area (Å²) in [6, 6.07) is 19.5. The van der Waals surface area contributed by atoms with Crippen LogP contribution in [0, 0.1) is 5.92 Å². The van der Waals surface area contributed by atoms with E-state index in [-0.39, 0.29) is 5.91 Å². The molecule has 1 amide bonds. The van der Waals surface area contributed by atoms with Gasteiger partial charge in [0.1, 0.15) is 0 Å². The van der Waals surface area contributed by atoms with E-state index in [4.69, 9.17) is 0 Å². The highest BCUT2D eigenvalue weighted by molar-refractivity contribution is 5.94. The number of benzene rings is 2. The SMILES string of the molecule is C[C@H](NC1CCN(C(=O)c2ccc(-c3ccccc3)cc2)CC1)C1CCCCC1. The van der Waals surface area contributed by atoms with Crippen molar-refractivity contribution < 1.29 is 4.79 Å². The lowest BCUT2D eigenvalue weighted by atomic mass is 9.84. The number of hydrogen-bond donors (Lipinski definition) is 1. The fourth-order valence-corrected chi connectivity index (χ4v) is 5.01. The van der Waals surface area contributed by atoms with E-state index in [0.717, 1.165) is 43.0 Å². The average molecular weight is 391 g/mol. The van der Waals surface area contributed by atoms with Gasteiger partial charge in [0.15, 0.2) is 0 Å².